The average Bonchev–Trinajstić information content (AvgIpc) is 2.50. The fourth-order valence-corrected chi connectivity index (χ4v) is 2.67. The number of anilines is 1. The minimum Gasteiger partial charge on any atom is -0.462 e. The van der Waals surface area contributed by atoms with E-state index in [1.165, 1.54) is 25.9 Å². The zero-order valence-electron chi connectivity index (χ0n) is 13.2. The molecule has 0 unspecified atom stereocenters. The van der Waals surface area contributed by atoms with E-state index in [0.717, 1.165) is 18.3 Å². The molecule has 2 heterocycles. The second-order valence-electron chi connectivity index (χ2n) is 5.75. The molecule has 0 N–H and O–H groups in total. The van der Waals surface area contributed by atoms with Gasteiger partial charge in [-0.25, -0.2) is 9.78 Å². The minimum atomic E-state index is -0.311. The number of hydrogen-bond acceptors (Lipinski definition) is 5. The van der Waals surface area contributed by atoms with Gasteiger partial charge in [0, 0.05) is 19.8 Å². The molecule has 0 aromatic carbocycles. The third kappa shape index (κ3) is 4.43. The number of esters is 1. The molecule has 0 amide bonds. The number of aromatic nitrogens is 1. The Labute approximate surface area is 126 Å². The van der Waals surface area contributed by atoms with Crippen molar-refractivity contribution in [2.75, 3.05) is 45.2 Å². The summed E-state index contributed by atoms with van der Waals surface area (Å²) >= 11 is 0. The average molecular weight is 291 g/mol. The lowest BCUT2D eigenvalue weighted by Gasteiger charge is -2.32. The summed E-state index contributed by atoms with van der Waals surface area (Å²) < 4.78 is 4.96. The molecule has 5 heteroatoms. The lowest BCUT2D eigenvalue weighted by molar-refractivity contribution is 0.0526. The van der Waals surface area contributed by atoms with Gasteiger partial charge in [-0.15, -0.1) is 0 Å². The number of carbonyl (C=O) groups excluding carboxylic acids is 1. The Hall–Kier alpha value is -1.62. The van der Waals surface area contributed by atoms with Crippen molar-refractivity contribution in [3.8, 4) is 0 Å². The SMILES string of the molecule is CCOC(=O)c1ccc(N(C)CC2CCN(C)CC2)nc1. The summed E-state index contributed by atoms with van der Waals surface area (Å²) in [6, 6.07) is 3.67. The molecule has 0 saturated carbocycles. The van der Waals surface area contributed by atoms with Crippen molar-refractivity contribution < 1.29 is 9.53 Å². The summed E-state index contributed by atoms with van der Waals surface area (Å²) in [7, 11) is 4.24. The first kappa shape index (κ1) is 15.8. The molecule has 1 aromatic heterocycles. The van der Waals surface area contributed by atoms with E-state index in [1.54, 1.807) is 19.2 Å². The van der Waals surface area contributed by atoms with Crippen LogP contribution in [0, 0.1) is 5.92 Å². The highest BCUT2D eigenvalue weighted by Crippen LogP contribution is 2.19. The zero-order chi connectivity index (χ0) is 15.2. The lowest BCUT2D eigenvalue weighted by Crippen LogP contribution is -2.35. The van der Waals surface area contributed by atoms with Crippen LogP contribution in [0.15, 0.2) is 18.3 Å². The Bertz CT molecular complexity index is 453. The fourth-order valence-electron chi connectivity index (χ4n) is 2.67. The molecule has 0 spiro atoms. The third-order valence-corrected chi connectivity index (χ3v) is 4.02. The molecule has 5 nitrogen and oxygen atoms in total. The van der Waals surface area contributed by atoms with Crippen molar-refractivity contribution >= 4 is 11.8 Å². The van der Waals surface area contributed by atoms with Crippen LogP contribution in [0.5, 0.6) is 0 Å². The first-order valence-corrected chi connectivity index (χ1v) is 7.63. The fraction of sp³-hybridized carbons (Fsp3) is 0.625. The molecule has 1 saturated heterocycles. The number of carbonyl (C=O) groups is 1. The Kier molecular flexibility index (Phi) is 5.56. The largest absolute Gasteiger partial charge is 0.462 e. The van der Waals surface area contributed by atoms with Crippen molar-refractivity contribution in [2.45, 2.75) is 19.8 Å². The molecule has 0 atom stereocenters. The number of hydrogen-bond donors (Lipinski definition) is 0. The number of piperidine rings is 1. The van der Waals surface area contributed by atoms with Crippen LogP contribution < -0.4 is 4.90 Å². The second-order valence-corrected chi connectivity index (χ2v) is 5.75. The molecule has 1 aliphatic rings. The standard InChI is InChI=1S/C16H25N3O2/c1-4-21-16(20)14-5-6-15(17-11-14)19(3)12-13-7-9-18(2)10-8-13/h5-6,11,13H,4,7-10,12H2,1-3H3. The number of ether oxygens (including phenoxy) is 1. The molecular formula is C16H25N3O2. The Morgan fingerprint density at radius 1 is 1.43 bits per heavy atom. The number of nitrogens with zero attached hydrogens (tertiary/aromatic N) is 3. The van der Waals surface area contributed by atoms with Gasteiger partial charge in [0.15, 0.2) is 0 Å². The molecule has 1 aliphatic heterocycles. The van der Waals surface area contributed by atoms with E-state index in [1.807, 2.05) is 6.07 Å². The normalized spacial score (nSPS) is 16.7. The van der Waals surface area contributed by atoms with E-state index >= 15 is 0 Å². The van der Waals surface area contributed by atoms with Gasteiger partial charge in [-0.2, -0.15) is 0 Å². The van der Waals surface area contributed by atoms with Crippen LogP contribution in [-0.2, 0) is 4.74 Å². The van der Waals surface area contributed by atoms with Crippen molar-refractivity contribution in [1.82, 2.24) is 9.88 Å². The monoisotopic (exact) mass is 291 g/mol. The van der Waals surface area contributed by atoms with E-state index in [9.17, 15) is 4.79 Å². The van der Waals surface area contributed by atoms with Crippen LogP contribution in [0.3, 0.4) is 0 Å². The van der Waals surface area contributed by atoms with E-state index in [0.29, 0.717) is 12.2 Å². The molecule has 0 radical (unpaired) electrons. The number of pyridine rings is 1. The van der Waals surface area contributed by atoms with Crippen LogP contribution in [0.2, 0.25) is 0 Å². The summed E-state index contributed by atoms with van der Waals surface area (Å²) in [5.41, 5.74) is 0.508. The van der Waals surface area contributed by atoms with Crippen LogP contribution in [0.1, 0.15) is 30.1 Å². The summed E-state index contributed by atoms with van der Waals surface area (Å²) in [5.74, 6) is 1.31. The zero-order valence-corrected chi connectivity index (χ0v) is 13.2. The van der Waals surface area contributed by atoms with E-state index in [4.69, 9.17) is 4.74 Å². The first-order valence-electron chi connectivity index (χ1n) is 7.63. The summed E-state index contributed by atoms with van der Waals surface area (Å²) in [6.45, 7) is 5.55. The van der Waals surface area contributed by atoms with Crippen molar-refractivity contribution in [3.05, 3.63) is 23.9 Å². The van der Waals surface area contributed by atoms with E-state index < -0.39 is 0 Å². The summed E-state index contributed by atoms with van der Waals surface area (Å²) in [4.78, 5) is 20.5. The van der Waals surface area contributed by atoms with Gasteiger partial charge in [0.2, 0.25) is 0 Å². The maximum Gasteiger partial charge on any atom is 0.339 e. The Morgan fingerprint density at radius 2 is 2.14 bits per heavy atom. The summed E-state index contributed by atoms with van der Waals surface area (Å²) in [5, 5.41) is 0. The van der Waals surface area contributed by atoms with E-state index in [-0.39, 0.29) is 5.97 Å². The van der Waals surface area contributed by atoms with Crippen LogP contribution in [-0.4, -0.2) is 56.2 Å². The minimum absolute atomic E-state index is 0.311. The lowest BCUT2D eigenvalue weighted by atomic mass is 9.97. The maximum absolute atomic E-state index is 11.6. The molecule has 21 heavy (non-hydrogen) atoms. The molecule has 2 rings (SSSR count). The molecule has 0 aliphatic carbocycles. The van der Waals surface area contributed by atoms with Gasteiger partial charge in [-0.3, -0.25) is 0 Å². The Morgan fingerprint density at radius 3 is 2.71 bits per heavy atom. The first-order chi connectivity index (χ1) is 10.1. The highest BCUT2D eigenvalue weighted by atomic mass is 16.5. The van der Waals surface area contributed by atoms with Crippen LogP contribution in [0.25, 0.3) is 0 Å². The quantitative estimate of drug-likeness (QED) is 0.777. The maximum atomic E-state index is 11.6. The number of rotatable bonds is 5. The smallest absolute Gasteiger partial charge is 0.339 e. The van der Waals surface area contributed by atoms with Crippen molar-refractivity contribution in [2.24, 2.45) is 5.92 Å². The summed E-state index contributed by atoms with van der Waals surface area (Å²) in [6.07, 6.45) is 4.07. The topological polar surface area (TPSA) is 45.7 Å². The van der Waals surface area contributed by atoms with Gasteiger partial charge in [-0.1, -0.05) is 0 Å². The van der Waals surface area contributed by atoms with Gasteiger partial charge in [0.25, 0.3) is 0 Å². The van der Waals surface area contributed by atoms with Gasteiger partial charge < -0.3 is 14.5 Å². The molecule has 0 bridgehead atoms. The number of likely N-dealkylation sites (tertiary alicyclic amines) is 1. The Balaban J connectivity index is 1.90. The van der Waals surface area contributed by atoms with Gasteiger partial charge in [-0.05, 0) is 58.0 Å². The molecule has 1 aromatic rings. The molecular weight excluding hydrogens is 266 g/mol. The third-order valence-electron chi connectivity index (χ3n) is 4.02. The highest BCUT2D eigenvalue weighted by molar-refractivity contribution is 5.89. The highest BCUT2D eigenvalue weighted by Gasteiger charge is 2.18. The van der Waals surface area contributed by atoms with Crippen molar-refractivity contribution in [1.29, 1.82) is 0 Å². The molecule has 116 valence electrons. The van der Waals surface area contributed by atoms with E-state index in [2.05, 4.69) is 28.9 Å². The van der Waals surface area contributed by atoms with Gasteiger partial charge in [0.1, 0.15) is 5.82 Å². The van der Waals surface area contributed by atoms with Gasteiger partial charge in [0.05, 0.1) is 12.2 Å². The van der Waals surface area contributed by atoms with Crippen LogP contribution in [0.4, 0.5) is 5.82 Å². The predicted molar refractivity (Wildman–Crippen MR) is 83.7 cm³/mol. The van der Waals surface area contributed by atoms with Gasteiger partial charge >= 0.3 is 5.97 Å². The van der Waals surface area contributed by atoms with Crippen LogP contribution >= 0.6 is 0 Å². The molecule has 1 fully saturated rings. The van der Waals surface area contributed by atoms with Crippen molar-refractivity contribution in [3.63, 3.8) is 0 Å². The second kappa shape index (κ2) is 7.41. The predicted octanol–water partition coefficient (Wildman–Crippen LogP) is 2.04.